The SMILES string of the molecule is CNC(=O)/C(=C\c1ccc(F)cc1)NC(=O)c1ccc(C)cc1. The highest BCUT2D eigenvalue weighted by Gasteiger charge is 2.13. The predicted molar refractivity (Wildman–Crippen MR) is 87.1 cm³/mol. The van der Waals surface area contributed by atoms with Crippen molar-refractivity contribution in [3.63, 3.8) is 0 Å². The minimum atomic E-state index is -0.435. The molecular weight excluding hydrogens is 295 g/mol. The number of nitrogens with one attached hydrogen (secondary N) is 2. The lowest BCUT2D eigenvalue weighted by atomic mass is 10.1. The van der Waals surface area contributed by atoms with Gasteiger partial charge < -0.3 is 10.6 Å². The average Bonchev–Trinajstić information content (AvgIpc) is 2.56. The molecule has 5 heteroatoms. The maximum Gasteiger partial charge on any atom is 0.267 e. The van der Waals surface area contributed by atoms with E-state index in [9.17, 15) is 14.0 Å². The number of amides is 2. The smallest absolute Gasteiger partial charge is 0.267 e. The van der Waals surface area contributed by atoms with Gasteiger partial charge in [0.05, 0.1) is 0 Å². The summed E-state index contributed by atoms with van der Waals surface area (Å²) in [5.41, 5.74) is 2.18. The van der Waals surface area contributed by atoms with Crippen molar-refractivity contribution < 1.29 is 14.0 Å². The molecule has 0 atom stereocenters. The minimum absolute atomic E-state index is 0.0877. The lowest BCUT2D eigenvalue weighted by molar-refractivity contribution is -0.117. The molecule has 2 amide bonds. The van der Waals surface area contributed by atoms with Crippen LogP contribution < -0.4 is 10.6 Å². The van der Waals surface area contributed by atoms with Crippen LogP contribution in [-0.4, -0.2) is 18.9 Å². The van der Waals surface area contributed by atoms with Gasteiger partial charge in [0.25, 0.3) is 11.8 Å². The summed E-state index contributed by atoms with van der Waals surface area (Å²) in [4.78, 5) is 24.2. The second-order valence-electron chi connectivity index (χ2n) is 5.01. The average molecular weight is 312 g/mol. The lowest BCUT2D eigenvalue weighted by Crippen LogP contribution is -2.33. The predicted octanol–water partition coefficient (Wildman–Crippen LogP) is 2.65. The van der Waals surface area contributed by atoms with Gasteiger partial charge in [0, 0.05) is 12.6 Å². The highest BCUT2D eigenvalue weighted by Crippen LogP contribution is 2.09. The maximum absolute atomic E-state index is 12.9. The number of likely N-dealkylation sites (N-methyl/N-ethyl adjacent to an activating group) is 1. The van der Waals surface area contributed by atoms with Crippen molar-refractivity contribution >= 4 is 17.9 Å². The zero-order chi connectivity index (χ0) is 16.8. The first-order valence-electron chi connectivity index (χ1n) is 7.07. The summed E-state index contributed by atoms with van der Waals surface area (Å²) in [6.45, 7) is 1.92. The van der Waals surface area contributed by atoms with Crippen molar-refractivity contribution in [2.75, 3.05) is 7.05 Å². The van der Waals surface area contributed by atoms with Gasteiger partial charge in [-0.25, -0.2) is 4.39 Å². The third kappa shape index (κ3) is 4.51. The van der Waals surface area contributed by atoms with Crippen LogP contribution in [0.1, 0.15) is 21.5 Å². The molecule has 0 unspecified atom stereocenters. The van der Waals surface area contributed by atoms with Crippen LogP contribution in [0.2, 0.25) is 0 Å². The van der Waals surface area contributed by atoms with Crippen molar-refractivity contribution in [2.24, 2.45) is 0 Å². The van der Waals surface area contributed by atoms with E-state index in [4.69, 9.17) is 0 Å². The van der Waals surface area contributed by atoms with Crippen LogP contribution in [0.25, 0.3) is 6.08 Å². The van der Waals surface area contributed by atoms with Crippen LogP contribution in [0.3, 0.4) is 0 Å². The van der Waals surface area contributed by atoms with E-state index in [1.165, 1.54) is 37.4 Å². The topological polar surface area (TPSA) is 58.2 Å². The van der Waals surface area contributed by atoms with E-state index in [1.807, 2.05) is 19.1 Å². The van der Waals surface area contributed by atoms with Crippen LogP contribution in [0.5, 0.6) is 0 Å². The first-order chi connectivity index (χ1) is 11.0. The number of aryl methyl sites for hydroxylation is 1. The molecule has 0 aliphatic rings. The normalized spacial score (nSPS) is 11.0. The minimum Gasteiger partial charge on any atom is -0.354 e. The molecule has 4 nitrogen and oxygen atoms in total. The Bertz CT molecular complexity index is 735. The molecule has 2 N–H and O–H groups in total. The number of hydrogen-bond donors (Lipinski definition) is 2. The molecule has 0 aliphatic heterocycles. The first kappa shape index (κ1) is 16.4. The van der Waals surface area contributed by atoms with Crippen molar-refractivity contribution in [2.45, 2.75) is 6.92 Å². The molecule has 0 aromatic heterocycles. The summed E-state index contributed by atoms with van der Waals surface area (Å²) < 4.78 is 12.9. The van der Waals surface area contributed by atoms with Gasteiger partial charge in [0.1, 0.15) is 11.5 Å². The summed E-state index contributed by atoms with van der Waals surface area (Å²) in [5.74, 6) is -1.19. The molecule has 2 aromatic rings. The van der Waals surface area contributed by atoms with E-state index in [0.29, 0.717) is 11.1 Å². The number of hydrogen-bond acceptors (Lipinski definition) is 2. The summed E-state index contributed by atoms with van der Waals surface area (Å²) in [7, 11) is 1.47. The van der Waals surface area contributed by atoms with Crippen LogP contribution in [0.4, 0.5) is 4.39 Å². The molecule has 0 heterocycles. The second kappa shape index (κ2) is 7.35. The molecule has 0 radical (unpaired) electrons. The standard InChI is InChI=1S/C18H17FN2O2/c1-12-3-7-14(8-4-12)17(22)21-16(18(23)20-2)11-13-5-9-15(19)10-6-13/h3-11H,1-2H3,(H,20,23)(H,21,22)/b16-11+. The largest absolute Gasteiger partial charge is 0.354 e. The number of carbonyl (C=O) groups is 2. The Morgan fingerprint density at radius 3 is 2.17 bits per heavy atom. The third-order valence-electron chi connectivity index (χ3n) is 3.21. The molecule has 2 rings (SSSR count). The van der Waals surface area contributed by atoms with E-state index in [0.717, 1.165) is 5.56 Å². The number of benzene rings is 2. The third-order valence-corrected chi connectivity index (χ3v) is 3.21. The fraction of sp³-hybridized carbons (Fsp3) is 0.111. The summed E-state index contributed by atoms with van der Waals surface area (Å²) in [5, 5.41) is 5.05. The summed E-state index contributed by atoms with van der Waals surface area (Å²) in [6, 6.07) is 12.6. The molecule has 23 heavy (non-hydrogen) atoms. The van der Waals surface area contributed by atoms with Gasteiger partial charge in [0.15, 0.2) is 0 Å². The molecule has 0 aliphatic carbocycles. The molecule has 118 valence electrons. The highest BCUT2D eigenvalue weighted by atomic mass is 19.1. The highest BCUT2D eigenvalue weighted by molar-refractivity contribution is 6.05. The van der Waals surface area contributed by atoms with E-state index in [2.05, 4.69) is 10.6 Å². The molecule has 2 aromatic carbocycles. The Labute approximate surface area is 134 Å². The Kier molecular flexibility index (Phi) is 5.25. The molecule has 0 saturated heterocycles. The van der Waals surface area contributed by atoms with Crippen molar-refractivity contribution in [1.29, 1.82) is 0 Å². The fourth-order valence-corrected chi connectivity index (χ4v) is 1.92. The number of halogens is 1. The van der Waals surface area contributed by atoms with Crippen LogP contribution in [0, 0.1) is 12.7 Å². The number of rotatable bonds is 4. The Balaban J connectivity index is 2.25. The molecule has 0 saturated carbocycles. The Morgan fingerprint density at radius 1 is 1.00 bits per heavy atom. The quantitative estimate of drug-likeness (QED) is 0.853. The molecule has 0 spiro atoms. The van der Waals surface area contributed by atoms with Crippen molar-refractivity contribution in [3.8, 4) is 0 Å². The first-order valence-corrected chi connectivity index (χ1v) is 7.07. The van der Waals surface area contributed by atoms with E-state index < -0.39 is 5.91 Å². The molecule has 0 fully saturated rings. The van der Waals surface area contributed by atoms with Gasteiger partial charge in [0.2, 0.25) is 0 Å². The van der Waals surface area contributed by atoms with Crippen LogP contribution in [0.15, 0.2) is 54.2 Å². The fourth-order valence-electron chi connectivity index (χ4n) is 1.92. The Hall–Kier alpha value is -2.95. The summed E-state index contributed by atoms with van der Waals surface area (Å²) in [6.07, 6.45) is 1.49. The summed E-state index contributed by atoms with van der Waals surface area (Å²) >= 11 is 0. The Morgan fingerprint density at radius 2 is 1.61 bits per heavy atom. The van der Waals surface area contributed by atoms with Gasteiger partial charge in [-0.05, 0) is 42.8 Å². The lowest BCUT2D eigenvalue weighted by Gasteiger charge is -2.09. The zero-order valence-electron chi connectivity index (χ0n) is 12.9. The van der Waals surface area contributed by atoms with Gasteiger partial charge in [-0.3, -0.25) is 9.59 Å². The van der Waals surface area contributed by atoms with E-state index >= 15 is 0 Å². The van der Waals surface area contributed by atoms with Gasteiger partial charge in [-0.15, -0.1) is 0 Å². The maximum atomic E-state index is 12.9. The van der Waals surface area contributed by atoms with Gasteiger partial charge in [-0.1, -0.05) is 29.8 Å². The van der Waals surface area contributed by atoms with E-state index in [1.54, 1.807) is 12.1 Å². The molecular formula is C18H17FN2O2. The van der Waals surface area contributed by atoms with Gasteiger partial charge >= 0.3 is 0 Å². The van der Waals surface area contributed by atoms with E-state index in [-0.39, 0.29) is 17.4 Å². The molecule has 0 bridgehead atoms. The van der Waals surface area contributed by atoms with Crippen LogP contribution in [-0.2, 0) is 4.79 Å². The monoisotopic (exact) mass is 312 g/mol. The second-order valence-corrected chi connectivity index (χ2v) is 5.01. The van der Waals surface area contributed by atoms with Crippen molar-refractivity contribution in [3.05, 3.63) is 76.7 Å². The van der Waals surface area contributed by atoms with Crippen molar-refractivity contribution in [1.82, 2.24) is 10.6 Å². The number of carbonyl (C=O) groups excluding carboxylic acids is 2. The van der Waals surface area contributed by atoms with Crippen LogP contribution >= 0.6 is 0 Å². The van der Waals surface area contributed by atoms with Gasteiger partial charge in [-0.2, -0.15) is 0 Å². The zero-order valence-corrected chi connectivity index (χ0v) is 12.9.